The molecule has 1 N–H and O–H groups in total. The standard InChI is InChI=1S/C15H28N2O2/c1-4-6-7-9-16-15(19)12(3)17-10-8-14(18)13(5-2)11-17/h12-13H,4-11H2,1-3H3,(H,16,19). The molecule has 1 heterocycles. The van der Waals surface area contributed by atoms with E-state index < -0.39 is 0 Å². The number of unbranched alkanes of at least 4 members (excludes halogenated alkanes) is 2. The maximum absolute atomic E-state index is 12.0. The van der Waals surface area contributed by atoms with Crippen LogP contribution >= 0.6 is 0 Å². The monoisotopic (exact) mass is 268 g/mol. The number of hydrogen-bond donors (Lipinski definition) is 1. The quantitative estimate of drug-likeness (QED) is 0.718. The van der Waals surface area contributed by atoms with Crippen LogP contribution in [-0.4, -0.2) is 42.3 Å². The molecule has 2 unspecified atom stereocenters. The number of hydrogen-bond acceptors (Lipinski definition) is 3. The fourth-order valence-electron chi connectivity index (χ4n) is 2.54. The molecule has 0 aromatic heterocycles. The van der Waals surface area contributed by atoms with Crippen LogP contribution in [0.1, 0.15) is 52.9 Å². The van der Waals surface area contributed by atoms with E-state index in [1.807, 2.05) is 13.8 Å². The Labute approximate surface area is 116 Å². The second-order valence-electron chi connectivity index (χ2n) is 5.49. The summed E-state index contributed by atoms with van der Waals surface area (Å²) in [5, 5.41) is 2.99. The van der Waals surface area contributed by atoms with Crippen molar-refractivity contribution in [3.8, 4) is 0 Å². The van der Waals surface area contributed by atoms with Crippen molar-refractivity contribution in [1.82, 2.24) is 10.2 Å². The summed E-state index contributed by atoms with van der Waals surface area (Å²) in [6.07, 6.45) is 4.83. The molecular weight excluding hydrogens is 240 g/mol. The number of piperidine rings is 1. The highest BCUT2D eigenvalue weighted by Crippen LogP contribution is 2.18. The maximum Gasteiger partial charge on any atom is 0.237 e. The lowest BCUT2D eigenvalue weighted by molar-refractivity contribution is -0.132. The second kappa shape index (κ2) is 8.31. The lowest BCUT2D eigenvalue weighted by Gasteiger charge is -2.34. The predicted octanol–water partition coefficient (Wildman–Crippen LogP) is 1.98. The molecule has 0 aromatic carbocycles. The summed E-state index contributed by atoms with van der Waals surface area (Å²) in [5.74, 6) is 0.568. The van der Waals surface area contributed by atoms with Gasteiger partial charge in [-0.05, 0) is 19.8 Å². The van der Waals surface area contributed by atoms with Crippen LogP contribution in [0.15, 0.2) is 0 Å². The van der Waals surface area contributed by atoms with Crippen LogP contribution in [0, 0.1) is 5.92 Å². The van der Waals surface area contributed by atoms with Crippen LogP contribution in [0.2, 0.25) is 0 Å². The van der Waals surface area contributed by atoms with Gasteiger partial charge in [-0.2, -0.15) is 0 Å². The molecule has 1 rings (SSSR count). The number of Topliss-reactive ketones (excluding diaryl/α,β-unsaturated/α-hetero) is 1. The van der Waals surface area contributed by atoms with Gasteiger partial charge in [0.15, 0.2) is 0 Å². The summed E-state index contributed by atoms with van der Waals surface area (Å²) in [4.78, 5) is 25.9. The van der Waals surface area contributed by atoms with Crippen LogP contribution in [-0.2, 0) is 9.59 Å². The van der Waals surface area contributed by atoms with Crippen molar-refractivity contribution < 1.29 is 9.59 Å². The maximum atomic E-state index is 12.0. The number of nitrogens with one attached hydrogen (secondary N) is 1. The first-order valence-electron chi connectivity index (χ1n) is 7.64. The first-order chi connectivity index (χ1) is 9.10. The molecule has 0 bridgehead atoms. The van der Waals surface area contributed by atoms with Crippen molar-refractivity contribution in [3.05, 3.63) is 0 Å². The van der Waals surface area contributed by atoms with E-state index in [0.29, 0.717) is 12.2 Å². The van der Waals surface area contributed by atoms with E-state index in [1.165, 1.54) is 0 Å². The van der Waals surface area contributed by atoms with Gasteiger partial charge in [0.25, 0.3) is 0 Å². The third-order valence-corrected chi connectivity index (χ3v) is 4.06. The van der Waals surface area contributed by atoms with E-state index in [4.69, 9.17) is 0 Å². The van der Waals surface area contributed by atoms with Crippen molar-refractivity contribution in [3.63, 3.8) is 0 Å². The van der Waals surface area contributed by atoms with E-state index in [9.17, 15) is 9.59 Å². The molecule has 1 fully saturated rings. The zero-order chi connectivity index (χ0) is 14.3. The minimum absolute atomic E-state index is 0.0975. The van der Waals surface area contributed by atoms with Crippen molar-refractivity contribution in [2.75, 3.05) is 19.6 Å². The molecule has 0 spiro atoms. The molecule has 0 aromatic rings. The van der Waals surface area contributed by atoms with Crippen molar-refractivity contribution >= 4 is 11.7 Å². The third kappa shape index (κ3) is 4.94. The van der Waals surface area contributed by atoms with Crippen LogP contribution in [0.4, 0.5) is 0 Å². The van der Waals surface area contributed by atoms with Gasteiger partial charge in [-0.1, -0.05) is 26.7 Å². The first kappa shape index (κ1) is 16.2. The fraction of sp³-hybridized carbons (Fsp3) is 0.867. The Balaban J connectivity index is 2.37. The third-order valence-electron chi connectivity index (χ3n) is 4.06. The van der Waals surface area contributed by atoms with Crippen LogP contribution in [0.5, 0.6) is 0 Å². The molecule has 0 radical (unpaired) electrons. The highest BCUT2D eigenvalue weighted by molar-refractivity contribution is 5.84. The Hall–Kier alpha value is -0.900. The molecule has 1 saturated heterocycles. The average Bonchev–Trinajstić information content (AvgIpc) is 2.43. The van der Waals surface area contributed by atoms with Gasteiger partial charge < -0.3 is 5.32 Å². The van der Waals surface area contributed by atoms with Gasteiger partial charge in [0.05, 0.1) is 6.04 Å². The van der Waals surface area contributed by atoms with E-state index in [1.54, 1.807) is 0 Å². The van der Waals surface area contributed by atoms with E-state index >= 15 is 0 Å². The lowest BCUT2D eigenvalue weighted by atomic mass is 9.93. The Morgan fingerprint density at radius 1 is 1.42 bits per heavy atom. The number of amides is 1. The Kier molecular flexibility index (Phi) is 7.06. The molecule has 1 amide bonds. The predicted molar refractivity (Wildman–Crippen MR) is 77.0 cm³/mol. The molecule has 19 heavy (non-hydrogen) atoms. The number of carbonyl (C=O) groups excluding carboxylic acids is 2. The number of nitrogens with zero attached hydrogens (tertiary/aromatic N) is 1. The lowest BCUT2D eigenvalue weighted by Crippen LogP contribution is -2.51. The molecule has 4 heteroatoms. The molecule has 110 valence electrons. The summed E-state index contributed by atoms with van der Waals surface area (Å²) in [7, 11) is 0. The Morgan fingerprint density at radius 3 is 2.79 bits per heavy atom. The summed E-state index contributed by atoms with van der Waals surface area (Å²) in [5.41, 5.74) is 0. The summed E-state index contributed by atoms with van der Waals surface area (Å²) < 4.78 is 0. The van der Waals surface area contributed by atoms with Crippen molar-refractivity contribution in [2.45, 2.75) is 58.9 Å². The summed E-state index contributed by atoms with van der Waals surface area (Å²) in [6, 6.07) is -0.122. The van der Waals surface area contributed by atoms with Gasteiger partial charge in [-0.15, -0.1) is 0 Å². The molecule has 2 atom stereocenters. The zero-order valence-corrected chi connectivity index (χ0v) is 12.6. The number of carbonyl (C=O) groups is 2. The molecule has 0 aliphatic carbocycles. The minimum atomic E-state index is -0.122. The topological polar surface area (TPSA) is 49.4 Å². The molecular formula is C15H28N2O2. The fourth-order valence-corrected chi connectivity index (χ4v) is 2.54. The largest absolute Gasteiger partial charge is 0.355 e. The average molecular weight is 268 g/mol. The Morgan fingerprint density at radius 2 is 2.16 bits per heavy atom. The molecule has 4 nitrogen and oxygen atoms in total. The molecule has 1 aliphatic rings. The van der Waals surface area contributed by atoms with E-state index in [2.05, 4.69) is 17.1 Å². The van der Waals surface area contributed by atoms with Crippen LogP contribution < -0.4 is 5.32 Å². The van der Waals surface area contributed by atoms with E-state index in [-0.39, 0.29) is 17.9 Å². The van der Waals surface area contributed by atoms with Gasteiger partial charge >= 0.3 is 0 Å². The number of ketones is 1. The smallest absolute Gasteiger partial charge is 0.237 e. The van der Waals surface area contributed by atoms with Crippen molar-refractivity contribution in [2.24, 2.45) is 5.92 Å². The SMILES string of the molecule is CCCCCNC(=O)C(C)N1CCC(=O)C(CC)C1. The first-order valence-corrected chi connectivity index (χ1v) is 7.64. The van der Waals surface area contributed by atoms with Gasteiger partial charge in [-0.25, -0.2) is 0 Å². The minimum Gasteiger partial charge on any atom is -0.355 e. The van der Waals surface area contributed by atoms with Gasteiger partial charge in [-0.3, -0.25) is 14.5 Å². The van der Waals surface area contributed by atoms with E-state index in [0.717, 1.165) is 45.3 Å². The number of likely N-dealkylation sites (tertiary alicyclic amines) is 1. The van der Waals surface area contributed by atoms with Gasteiger partial charge in [0, 0.05) is 32.0 Å². The highest BCUT2D eigenvalue weighted by atomic mass is 16.2. The summed E-state index contributed by atoms with van der Waals surface area (Å²) >= 11 is 0. The summed E-state index contributed by atoms with van der Waals surface area (Å²) in [6.45, 7) is 8.36. The highest BCUT2D eigenvalue weighted by Gasteiger charge is 2.30. The Bertz CT molecular complexity index is 305. The van der Waals surface area contributed by atoms with Crippen LogP contribution in [0.3, 0.4) is 0 Å². The van der Waals surface area contributed by atoms with Crippen LogP contribution in [0.25, 0.3) is 0 Å². The van der Waals surface area contributed by atoms with Gasteiger partial charge in [0.2, 0.25) is 5.91 Å². The normalized spacial score (nSPS) is 22.3. The molecule has 1 aliphatic heterocycles. The number of rotatable bonds is 7. The second-order valence-corrected chi connectivity index (χ2v) is 5.49. The molecule has 0 saturated carbocycles. The van der Waals surface area contributed by atoms with Crippen molar-refractivity contribution in [1.29, 1.82) is 0 Å². The van der Waals surface area contributed by atoms with Gasteiger partial charge in [0.1, 0.15) is 5.78 Å². The zero-order valence-electron chi connectivity index (χ0n) is 12.6.